The molecule has 1 heterocycles. The molecular weight excluding hydrogens is 234 g/mol. The summed E-state index contributed by atoms with van der Waals surface area (Å²) in [5.74, 6) is 0. The van der Waals surface area contributed by atoms with E-state index in [1.54, 1.807) is 5.57 Å². The van der Waals surface area contributed by atoms with Crippen molar-refractivity contribution in [1.82, 2.24) is 15.1 Å². The summed E-state index contributed by atoms with van der Waals surface area (Å²) in [4.78, 5) is 5.02. The van der Waals surface area contributed by atoms with Gasteiger partial charge in [0.1, 0.15) is 0 Å². The van der Waals surface area contributed by atoms with E-state index in [1.807, 2.05) is 0 Å². The molecule has 0 radical (unpaired) electrons. The number of nitrogens with one attached hydrogen (secondary N) is 1. The third kappa shape index (κ3) is 4.30. The molecule has 1 aliphatic heterocycles. The van der Waals surface area contributed by atoms with Gasteiger partial charge in [-0.15, -0.1) is 0 Å². The second-order valence-corrected chi connectivity index (χ2v) is 6.27. The van der Waals surface area contributed by atoms with Crippen molar-refractivity contribution < 1.29 is 0 Å². The van der Waals surface area contributed by atoms with E-state index in [0.29, 0.717) is 12.1 Å². The standard InChI is InChI=1S/C16H31N3/c1-4-17-16(14-8-6-5-7-9-14)12-15-13-18(2)10-11-19(15)3/h8,15-17H,4-7,9-13H2,1-3H3. The van der Waals surface area contributed by atoms with Crippen LogP contribution in [-0.4, -0.2) is 62.2 Å². The summed E-state index contributed by atoms with van der Waals surface area (Å²) < 4.78 is 0. The summed E-state index contributed by atoms with van der Waals surface area (Å²) >= 11 is 0. The molecule has 0 bridgehead atoms. The summed E-state index contributed by atoms with van der Waals surface area (Å²) in [6.07, 6.45) is 9.13. The second-order valence-electron chi connectivity index (χ2n) is 6.27. The highest BCUT2D eigenvalue weighted by atomic mass is 15.3. The van der Waals surface area contributed by atoms with Gasteiger partial charge in [-0.25, -0.2) is 0 Å². The van der Waals surface area contributed by atoms with Crippen molar-refractivity contribution in [2.75, 3.05) is 40.3 Å². The maximum atomic E-state index is 3.72. The minimum atomic E-state index is 0.601. The molecule has 0 aromatic heterocycles. The maximum Gasteiger partial charge on any atom is 0.0294 e. The largest absolute Gasteiger partial charge is 0.310 e. The van der Waals surface area contributed by atoms with Gasteiger partial charge >= 0.3 is 0 Å². The number of hydrogen-bond acceptors (Lipinski definition) is 3. The lowest BCUT2D eigenvalue weighted by atomic mass is 9.89. The van der Waals surface area contributed by atoms with Gasteiger partial charge < -0.3 is 15.1 Å². The quantitative estimate of drug-likeness (QED) is 0.768. The van der Waals surface area contributed by atoms with E-state index < -0.39 is 0 Å². The SMILES string of the molecule is CCNC(CC1CN(C)CCN1C)C1=CCCCC1. The lowest BCUT2D eigenvalue weighted by Crippen LogP contribution is -2.52. The highest BCUT2D eigenvalue weighted by molar-refractivity contribution is 5.14. The first-order valence-corrected chi connectivity index (χ1v) is 8.01. The zero-order chi connectivity index (χ0) is 13.7. The van der Waals surface area contributed by atoms with E-state index in [0.717, 1.165) is 6.54 Å². The van der Waals surface area contributed by atoms with Crippen LogP contribution in [0.15, 0.2) is 11.6 Å². The van der Waals surface area contributed by atoms with Crippen molar-refractivity contribution >= 4 is 0 Å². The molecule has 0 spiro atoms. The highest BCUT2D eigenvalue weighted by Gasteiger charge is 2.26. The maximum absolute atomic E-state index is 3.72. The lowest BCUT2D eigenvalue weighted by Gasteiger charge is -2.40. The smallest absolute Gasteiger partial charge is 0.0294 e. The number of hydrogen-bond donors (Lipinski definition) is 1. The van der Waals surface area contributed by atoms with Crippen LogP contribution in [-0.2, 0) is 0 Å². The van der Waals surface area contributed by atoms with Crippen LogP contribution in [0.2, 0.25) is 0 Å². The molecule has 0 saturated carbocycles. The second kappa shape index (κ2) is 7.41. The van der Waals surface area contributed by atoms with Crippen molar-refractivity contribution in [3.63, 3.8) is 0 Å². The van der Waals surface area contributed by atoms with Crippen LogP contribution < -0.4 is 5.32 Å². The van der Waals surface area contributed by atoms with Crippen LogP contribution in [0.3, 0.4) is 0 Å². The van der Waals surface area contributed by atoms with Gasteiger partial charge in [-0.1, -0.05) is 18.6 Å². The van der Waals surface area contributed by atoms with Crippen molar-refractivity contribution in [1.29, 1.82) is 0 Å². The number of rotatable bonds is 5. The fourth-order valence-corrected chi connectivity index (χ4v) is 3.42. The number of nitrogens with zero attached hydrogens (tertiary/aromatic N) is 2. The third-order valence-electron chi connectivity index (χ3n) is 4.71. The first-order valence-electron chi connectivity index (χ1n) is 8.01. The fourth-order valence-electron chi connectivity index (χ4n) is 3.42. The van der Waals surface area contributed by atoms with Crippen LogP contribution >= 0.6 is 0 Å². The summed E-state index contributed by atoms with van der Waals surface area (Å²) in [6.45, 7) is 6.94. The van der Waals surface area contributed by atoms with Crippen molar-refractivity contribution in [2.24, 2.45) is 0 Å². The van der Waals surface area contributed by atoms with E-state index in [-0.39, 0.29) is 0 Å². The van der Waals surface area contributed by atoms with Gasteiger partial charge in [-0.05, 0) is 52.7 Å². The molecule has 1 fully saturated rings. The summed E-state index contributed by atoms with van der Waals surface area (Å²) in [5.41, 5.74) is 1.68. The highest BCUT2D eigenvalue weighted by Crippen LogP contribution is 2.24. The Bertz CT molecular complexity index is 300. The van der Waals surface area contributed by atoms with Crippen molar-refractivity contribution in [2.45, 2.75) is 51.1 Å². The van der Waals surface area contributed by atoms with Gasteiger partial charge in [0.25, 0.3) is 0 Å². The molecule has 2 unspecified atom stereocenters. The Morgan fingerprint density at radius 3 is 2.84 bits per heavy atom. The van der Waals surface area contributed by atoms with Gasteiger partial charge in [0.15, 0.2) is 0 Å². The first-order chi connectivity index (χ1) is 9.20. The predicted octanol–water partition coefficient (Wildman–Crippen LogP) is 2.10. The number of allylic oxidation sites excluding steroid dienone is 1. The summed E-state index contributed by atoms with van der Waals surface area (Å²) in [6, 6.07) is 1.30. The van der Waals surface area contributed by atoms with Gasteiger partial charge in [-0.3, -0.25) is 0 Å². The Morgan fingerprint density at radius 1 is 1.32 bits per heavy atom. The summed E-state index contributed by atoms with van der Waals surface area (Å²) in [5, 5.41) is 3.72. The Hall–Kier alpha value is -0.380. The van der Waals surface area contributed by atoms with E-state index in [9.17, 15) is 0 Å². The van der Waals surface area contributed by atoms with Crippen LogP contribution in [0, 0.1) is 0 Å². The fraction of sp³-hybridized carbons (Fsp3) is 0.875. The zero-order valence-corrected chi connectivity index (χ0v) is 13.0. The molecular formula is C16H31N3. The van der Waals surface area contributed by atoms with Crippen LogP contribution in [0.5, 0.6) is 0 Å². The topological polar surface area (TPSA) is 18.5 Å². The minimum absolute atomic E-state index is 0.601. The molecule has 0 aromatic carbocycles. The lowest BCUT2D eigenvalue weighted by molar-refractivity contribution is 0.103. The van der Waals surface area contributed by atoms with Crippen LogP contribution in [0.1, 0.15) is 39.0 Å². The van der Waals surface area contributed by atoms with E-state index >= 15 is 0 Å². The number of likely N-dealkylation sites (N-methyl/N-ethyl adjacent to an activating group) is 3. The van der Waals surface area contributed by atoms with Gasteiger partial charge in [-0.2, -0.15) is 0 Å². The van der Waals surface area contributed by atoms with Gasteiger partial charge in [0.2, 0.25) is 0 Å². The van der Waals surface area contributed by atoms with E-state index in [4.69, 9.17) is 0 Å². The average Bonchev–Trinajstić information content (AvgIpc) is 2.43. The van der Waals surface area contributed by atoms with Crippen molar-refractivity contribution in [3.8, 4) is 0 Å². The Kier molecular flexibility index (Phi) is 5.86. The monoisotopic (exact) mass is 265 g/mol. The minimum Gasteiger partial charge on any atom is -0.310 e. The van der Waals surface area contributed by atoms with E-state index in [2.05, 4.69) is 42.2 Å². The normalized spacial score (nSPS) is 28.2. The Balaban J connectivity index is 1.96. The molecule has 19 heavy (non-hydrogen) atoms. The molecule has 0 aromatic rings. The van der Waals surface area contributed by atoms with Crippen LogP contribution in [0.4, 0.5) is 0 Å². The molecule has 2 atom stereocenters. The predicted molar refractivity (Wildman–Crippen MR) is 82.5 cm³/mol. The van der Waals surface area contributed by atoms with Crippen molar-refractivity contribution in [3.05, 3.63) is 11.6 Å². The number of piperazine rings is 1. The molecule has 1 aliphatic carbocycles. The van der Waals surface area contributed by atoms with Crippen LogP contribution in [0.25, 0.3) is 0 Å². The zero-order valence-electron chi connectivity index (χ0n) is 13.0. The van der Waals surface area contributed by atoms with E-state index in [1.165, 1.54) is 51.7 Å². The molecule has 3 nitrogen and oxygen atoms in total. The first kappa shape index (κ1) is 15.0. The summed E-state index contributed by atoms with van der Waals surface area (Å²) in [7, 11) is 4.54. The molecule has 2 aliphatic rings. The van der Waals surface area contributed by atoms with Gasteiger partial charge in [0, 0.05) is 31.7 Å². The molecule has 0 amide bonds. The Labute approximate surface area is 119 Å². The third-order valence-corrected chi connectivity index (χ3v) is 4.71. The Morgan fingerprint density at radius 2 is 2.16 bits per heavy atom. The molecule has 2 rings (SSSR count). The average molecular weight is 265 g/mol. The molecule has 1 N–H and O–H groups in total. The van der Waals surface area contributed by atoms with Gasteiger partial charge in [0.05, 0.1) is 0 Å². The molecule has 3 heteroatoms. The molecule has 1 saturated heterocycles. The molecule has 110 valence electrons.